The Morgan fingerprint density at radius 1 is 0.700 bits per heavy atom. The van der Waals surface area contributed by atoms with Crippen molar-refractivity contribution in [1.29, 1.82) is 0 Å². The zero-order valence-corrected chi connectivity index (χ0v) is 23.4. The molecule has 0 saturated heterocycles. The van der Waals surface area contributed by atoms with Gasteiger partial charge in [-0.1, -0.05) is 12.1 Å². The van der Waals surface area contributed by atoms with Crippen molar-refractivity contribution in [3.8, 4) is 23.0 Å². The van der Waals surface area contributed by atoms with Gasteiger partial charge in [-0.2, -0.15) is 0 Å². The van der Waals surface area contributed by atoms with Crippen molar-refractivity contribution in [1.82, 2.24) is 9.80 Å². The van der Waals surface area contributed by atoms with Crippen LogP contribution in [0.2, 0.25) is 0 Å². The van der Waals surface area contributed by atoms with Crippen molar-refractivity contribution in [2.45, 2.75) is 25.7 Å². The van der Waals surface area contributed by atoms with Crippen LogP contribution in [-0.2, 0) is 9.59 Å². The third kappa shape index (κ3) is 10.6. The fraction of sp³-hybridized carbons (Fsp3) is 0.400. The van der Waals surface area contributed by atoms with E-state index in [9.17, 15) is 19.8 Å². The molecular formula is C30H42N4O6. The Morgan fingerprint density at radius 3 is 1.43 bits per heavy atom. The molecule has 2 aromatic rings. The molecule has 0 heterocycles. The number of aromatic hydroxyl groups is 2. The van der Waals surface area contributed by atoms with Crippen molar-refractivity contribution < 1.29 is 29.3 Å². The Kier molecular flexibility index (Phi) is 14.1. The van der Waals surface area contributed by atoms with Crippen LogP contribution < -0.4 is 20.9 Å². The summed E-state index contributed by atoms with van der Waals surface area (Å²) in [5.41, 5.74) is 12.8. The van der Waals surface area contributed by atoms with Gasteiger partial charge in [0.1, 0.15) is 0 Å². The van der Waals surface area contributed by atoms with Crippen molar-refractivity contribution in [2.75, 3.05) is 53.5 Å². The van der Waals surface area contributed by atoms with Crippen LogP contribution in [-0.4, -0.2) is 85.3 Å². The predicted octanol–water partition coefficient (Wildman–Crippen LogP) is 2.98. The van der Waals surface area contributed by atoms with E-state index in [1.54, 1.807) is 46.2 Å². The number of methoxy groups -OCH3 is 2. The second-order valence-electron chi connectivity index (χ2n) is 9.17. The standard InChI is InChI=1S/C30H42N4O6/c1-39-27-21-23(7-11-25(27)35)9-13-29(37)33(19-5-15-31)17-3-4-18-34(20-6-16-32)30(38)14-10-24-8-12-26(36)28(22-24)40-2/h7-14,21-22,35-36H,3-6,15-20,31-32H2,1-2H3/b13-9+,14-10+. The van der Waals surface area contributed by atoms with E-state index in [1.165, 1.54) is 38.5 Å². The zero-order valence-electron chi connectivity index (χ0n) is 23.4. The molecule has 0 radical (unpaired) electrons. The average Bonchev–Trinajstić information content (AvgIpc) is 2.96. The first-order chi connectivity index (χ1) is 19.3. The van der Waals surface area contributed by atoms with Crippen LogP contribution in [0.3, 0.4) is 0 Å². The Balaban J connectivity index is 1.96. The van der Waals surface area contributed by atoms with Gasteiger partial charge in [0, 0.05) is 38.3 Å². The van der Waals surface area contributed by atoms with Crippen molar-refractivity contribution in [3.05, 3.63) is 59.7 Å². The van der Waals surface area contributed by atoms with Gasteiger partial charge in [0.05, 0.1) is 14.2 Å². The summed E-state index contributed by atoms with van der Waals surface area (Å²) >= 11 is 0. The number of phenolic OH excluding ortho intramolecular Hbond substituents is 2. The summed E-state index contributed by atoms with van der Waals surface area (Å²) in [6, 6.07) is 9.75. The number of nitrogens with zero attached hydrogens (tertiary/aromatic N) is 2. The van der Waals surface area contributed by atoms with E-state index in [-0.39, 0.29) is 23.3 Å². The molecule has 2 amide bonds. The maximum atomic E-state index is 12.9. The van der Waals surface area contributed by atoms with Crippen molar-refractivity contribution in [2.24, 2.45) is 11.5 Å². The molecule has 6 N–H and O–H groups in total. The molecule has 0 unspecified atom stereocenters. The molecule has 0 fully saturated rings. The minimum atomic E-state index is -0.135. The van der Waals surface area contributed by atoms with Gasteiger partial charge in [-0.05, 0) is 86.3 Å². The summed E-state index contributed by atoms with van der Waals surface area (Å²) in [5.74, 6) is 0.464. The van der Waals surface area contributed by atoms with Gasteiger partial charge < -0.3 is 41.0 Å². The highest BCUT2D eigenvalue weighted by Crippen LogP contribution is 2.27. The van der Waals surface area contributed by atoms with Crippen LogP contribution in [0.4, 0.5) is 0 Å². The molecular weight excluding hydrogens is 512 g/mol. The first-order valence-corrected chi connectivity index (χ1v) is 13.4. The minimum absolute atomic E-state index is 0.0330. The number of benzene rings is 2. The zero-order chi connectivity index (χ0) is 29.3. The number of rotatable bonds is 17. The molecule has 2 rings (SSSR count). The molecule has 0 aromatic heterocycles. The second-order valence-corrected chi connectivity index (χ2v) is 9.17. The molecule has 0 aliphatic heterocycles. The number of amides is 2. The van der Waals surface area contributed by atoms with Crippen LogP contribution >= 0.6 is 0 Å². The van der Waals surface area contributed by atoms with Crippen LogP contribution in [0.5, 0.6) is 23.0 Å². The second kappa shape index (κ2) is 17.5. The highest BCUT2D eigenvalue weighted by molar-refractivity contribution is 5.92. The van der Waals surface area contributed by atoms with Gasteiger partial charge in [-0.3, -0.25) is 9.59 Å². The van der Waals surface area contributed by atoms with Gasteiger partial charge in [-0.15, -0.1) is 0 Å². The highest BCUT2D eigenvalue weighted by Gasteiger charge is 2.13. The van der Waals surface area contributed by atoms with Gasteiger partial charge >= 0.3 is 0 Å². The molecule has 0 spiro atoms. The van der Waals surface area contributed by atoms with Crippen LogP contribution in [0, 0.1) is 0 Å². The minimum Gasteiger partial charge on any atom is -0.504 e. The molecule has 0 aliphatic rings. The van der Waals surface area contributed by atoms with E-state index < -0.39 is 0 Å². The van der Waals surface area contributed by atoms with Gasteiger partial charge in [0.2, 0.25) is 11.8 Å². The first-order valence-electron chi connectivity index (χ1n) is 13.4. The van der Waals surface area contributed by atoms with Crippen LogP contribution in [0.15, 0.2) is 48.6 Å². The number of ether oxygens (including phenoxy) is 2. The van der Waals surface area contributed by atoms with E-state index >= 15 is 0 Å². The Labute approximate surface area is 236 Å². The Morgan fingerprint density at radius 2 is 1.07 bits per heavy atom. The summed E-state index contributed by atoms with van der Waals surface area (Å²) in [6.45, 7) is 3.08. The molecule has 2 aromatic carbocycles. The molecule has 40 heavy (non-hydrogen) atoms. The number of unbranched alkanes of at least 4 members (excludes halogenated alkanes) is 1. The predicted molar refractivity (Wildman–Crippen MR) is 157 cm³/mol. The summed E-state index contributed by atoms with van der Waals surface area (Å²) in [4.78, 5) is 29.3. The maximum absolute atomic E-state index is 12.9. The molecule has 0 atom stereocenters. The lowest BCUT2D eigenvalue weighted by atomic mass is 10.1. The van der Waals surface area contributed by atoms with Gasteiger partial charge in [-0.25, -0.2) is 0 Å². The topological polar surface area (TPSA) is 152 Å². The van der Waals surface area contributed by atoms with E-state index in [2.05, 4.69) is 0 Å². The first kappa shape index (κ1) is 32.2. The number of hydrogen-bond donors (Lipinski definition) is 4. The molecule has 0 aliphatic carbocycles. The third-order valence-electron chi connectivity index (χ3n) is 6.24. The lowest BCUT2D eigenvalue weighted by molar-refractivity contribution is -0.127. The van der Waals surface area contributed by atoms with E-state index in [1.807, 2.05) is 0 Å². The van der Waals surface area contributed by atoms with Crippen molar-refractivity contribution in [3.63, 3.8) is 0 Å². The lowest BCUT2D eigenvalue weighted by Gasteiger charge is -2.24. The third-order valence-corrected chi connectivity index (χ3v) is 6.24. The number of phenols is 2. The maximum Gasteiger partial charge on any atom is 0.246 e. The van der Waals surface area contributed by atoms with E-state index in [0.717, 1.165) is 11.1 Å². The molecule has 10 heteroatoms. The summed E-state index contributed by atoms with van der Waals surface area (Å²) in [7, 11) is 2.94. The Bertz CT molecular complexity index is 1060. The largest absolute Gasteiger partial charge is 0.504 e. The van der Waals surface area contributed by atoms with E-state index in [0.29, 0.717) is 76.5 Å². The van der Waals surface area contributed by atoms with Crippen LogP contribution in [0.1, 0.15) is 36.8 Å². The molecule has 0 saturated carbocycles. The summed E-state index contributed by atoms with van der Waals surface area (Å²) in [6.07, 6.45) is 9.16. The van der Waals surface area contributed by atoms with Crippen LogP contribution in [0.25, 0.3) is 12.2 Å². The van der Waals surface area contributed by atoms with Crippen molar-refractivity contribution >= 4 is 24.0 Å². The molecule has 10 nitrogen and oxygen atoms in total. The normalized spacial score (nSPS) is 11.2. The average molecular weight is 555 g/mol. The number of carbonyl (C=O) groups excluding carboxylic acids is 2. The summed E-state index contributed by atoms with van der Waals surface area (Å²) < 4.78 is 10.2. The Hall–Kier alpha value is -4.02. The SMILES string of the molecule is COc1cc(/C=C/C(=O)N(CCCN)CCCCN(CCCN)C(=O)/C=C/c2ccc(O)c(OC)c2)ccc1O. The monoisotopic (exact) mass is 554 g/mol. The molecule has 0 bridgehead atoms. The highest BCUT2D eigenvalue weighted by atomic mass is 16.5. The van der Waals surface area contributed by atoms with E-state index in [4.69, 9.17) is 20.9 Å². The fourth-order valence-electron chi connectivity index (χ4n) is 3.98. The molecule has 218 valence electrons. The quantitative estimate of drug-likeness (QED) is 0.172. The number of hydrogen-bond acceptors (Lipinski definition) is 8. The van der Waals surface area contributed by atoms with Gasteiger partial charge in [0.25, 0.3) is 0 Å². The number of nitrogens with two attached hydrogens (primary N) is 2. The van der Waals surface area contributed by atoms with Gasteiger partial charge in [0.15, 0.2) is 23.0 Å². The number of carbonyl (C=O) groups is 2. The smallest absolute Gasteiger partial charge is 0.246 e. The summed E-state index contributed by atoms with van der Waals surface area (Å²) in [5, 5.41) is 19.5. The fourth-order valence-corrected chi connectivity index (χ4v) is 3.98. The lowest BCUT2D eigenvalue weighted by Crippen LogP contribution is -2.35.